The zero-order chi connectivity index (χ0) is 17.1. The monoisotopic (exact) mass is 357 g/mol. The Morgan fingerprint density at radius 2 is 1.92 bits per heavy atom. The van der Waals surface area contributed by atoms with Gasteiger partial charge in [0.2, 0.25) is 0 Å². The summed E-state index contributed by atoms with van der Waals surface area (Å²) in [7, 11) is 0. The van der Waals surface area contributed by atoms with E-state index in [-0.39, 0.29) is 0 Å². The van der Waals surface area contributed by atoms with Crippen LogP contribution in [0.4, 0.5) is 0 Å². The molecule has 0 saturated heterocycles. The summed E-state index contributed by atoms with van der Waals surface area (Å²) in [5.74, 6) is 1.89. The van der Waals surface area contributed by atoms with E-state index in [0.29, 0.717) is 6.04 Å². The number of thioether (sulfide) groups is 1. The Balaban J connectivity index is 1.84. The molecule has 1 aromatic carbocycles. The van der Waals surface area contributed by atoms with Gasteiger partial charge in [-0.15, -0.1) is 21.5 Å². The quantitative estimate of drug-likeness (QED) is 0.526. The number of hydrogen-bond donors (Lipinski definition) is 0. The predicted octanol–water partition coefficient (Wildman–Crippen LogP) is 5.75. The normalized spacial score (nSPS) is 11.4. The largest absolute Gasteiger partial charge is 0.299 e. The van der Waals surface area contributed by atoms with E-state index in [1.165, 1.54) is 21.6 Å². The molecule has 0 spiro atoms. The lowest BCUT2D eigenvalue weighted by atomic mass is 10.2. The molecule has 0 fully saturated rings. The molecule has 2 heterocycles. The third-order valence-corrected chi connectivity index (χ3v) is 6.03. The summed E-state index contributed by atoms with van der Waals surface area (Å²) in [6, 6.07) is 11.3. The molecule has 0 aliphatic heterocycles. The molecule has 2 aromatic heterocycles. The fourth-order valence-electron chi connectivity index (χ4n) is 2.55. The molecule has 126 valence electrons. The number of rotatable bonds is 6. The van der Waals surface area contributed by atoms with Crippen LogP contribution in [0.1, 0.15) is 42.8 Å². The molecule has 0 N–H and O–H groups in total. The van der Waals surface area contributed by atoms with Crippen molar-refractivity contribution in [3.63, 3.8) is 0 Å². The second-order valence-electron chi connectivity index (χ2n) is 6.20. The van der Waals surface area contributed by atoms with Gasteiger partial charge in [0, 0.05) is 27.6 Å². The van der Waals surface area contributed by atoms with Crippen molar-refractivity contribution in [1.82, 2.24) is 14.8 Å². The van der Waals surface area contributed by atoms with Crippen LogP contribution in [0.25, 0.3) is 11.4 Å². The summed E-state index contributed by atoms with van der Waals surface area (Å²) < 4.78 is 2.25. The van der Waals surface area contributed by atoms with E-state index in [1.807, 2.05) is 0 Å². The highest BCUT2D eigenvalue weighted by Crippen LogP contribution is 2.31. The van der Waals surface area contributed by atoms with Crippen LogP contribution in [0.2, 0.25) is 0 Å². The fourth-order valence-corrected chi connectivity index (χ4v) is 4.39. The third-order valence-electron chi connectivity index (χ3n) is 3.93. The van der Waals surface area contributed by atoms with Gasteiger partial charge in [0.05, 0.1) is 0 Å². The van der Waals surface area contributed by atoms with Crippen molar-refractivity contribution in [2.75, 3.05) is 0 Å². The summed E-state index contributed by atoms with van der Waals surface area (Å²) in [5, 5.41) is 12.1. The van der Waals surface area contributed by atoms with E-state index >= 15 is 0 Å². The molecule has 3 rings (SSSR count). The number of thiophene rings is 1. The van der Waals surface area contributed by atoms with Crippen LogP contribution in [0.3, 0.4) is 0 Å². The average molecular weight is 358 g/mol. The molecule has 0 aliphatic carbocycles. The Kier molecular flexibility index (Phi) is 5.41. The maximum absolute atomic E-state index is 4.48. The summed E-state index contributed by atoms with van der Waals surface area (Å²) in [6.07, 6.45) is 1.06. The standard InChI is InChI=1S/C19H23N3S2/c1-5-17-10-16(12-23-17)18-20-21-19(22(18)13(2)3)24-11-15-8-6-14(4)7-9-15/h6-10,12-13H,5,11H2,1-4H3. The lowest BCUT2D eigenvalue weighted by Crippen LogP contribution is -2.04. The van der Waals surface area contributed by atoms with Crippen molar-refractivity contribution >= 4 is 23.1 Å². The summed E-state index contributed by atoms with van der Waals surface area (Å²) >= 11 is 3.55. The van der Waals surface area contributed by atoms with Crippen molar-refractivity contribution in [3.05, 3.63) is 51.7 Å². The lowest BCUT2D eigenvalue weighted by Gasteiger charge is -2.13. The van der Waals surface area contributed by atoms with Crippen LogP contribution in [0, 0.1) is 6.92 Å². The zero-order valence-corrected chi connectivity index (χ0v) is 16.2. The van der Waals surface area contributed by atoms with Crippen molar-refractivity contribution in [3.8, 4) is 11.4 Å². The van der Waals surface area contributed by atoms with E-state index in [9.17, 15) is 0 Å². The van der Waals surface area contributed by atoms with Crippen LogP contribution in [0.5, 0.6) is 0 Å². The second-order valence-corrected chi connectivity index (χ2v) is 8.14. The summed E-state index contributed by atoms with van der Waals surface area (Å²) in [6.45, 7) is 8.68. The van der Waals surface area contributed by atoms with Crippen LogP contribution < -0.4 is 0 Å². The first-order valence-electron chi connectivity index (χ1n) is 8.29. The molecule has 5 heteroatoms. The summed E-state index contributed by atoms with van der Waals surface area (Å²) in [5.41, 5.74) is 3.79. The minimum atomic E-state index is 0.334. The third kappa shape index (κ3) is 3.73. The number of aromatic nitrogens is 3. The molecule has 3 aromatic rings. The Hall–Kier alpha value is -1.59. The smallest absolute Gasteiger partial charge is 0.192 e. The molecular formula is C19H23N3S2. The number of nitrogens with zero attached hydrogens (tertiary/aromatic N) is 3. The van der Waals surface area contributed by atoms with Gasteiger partial charge >= 0.3 is 0 Å². The van der Waals surface area contributed by atoms with Gasteiger partial charge < -0.3 is 0 Å². The second kappa shape index (κ2) is 7.53. The Bertz CT molecular complexity index is 800. The van der Waals surface area contributed by atoms with E-state index in [2.05, 4.69) is 78.2 Å². The van der Waals surface area contributed by atoms with Gasteiger partial charge in [-0.1, -0.05) is 48.5 Å². The first-order valence-corrected chi connectivity index (χ1v) is 10.2. The maximum Gasteiger partial charge on any atom is 0.192 e. The van der Waals surface area contributed by atoms with Crippen LogP contribution >= 0.6 is 23.1 Å². The molecular weight excluding hydrogens is 334 g/mol. The predicted molar refractivity (Wildman–Crippen MR) is 104 cm³/mol. The lowest BCUT2D eigenvalue weighted by molar-refractivity contribution is 0.555. The SMILES string of the molecule is CCc1cc(-c2nnc(SCc3ccc(C)cc3)n2C(C)C)cs1. The van der Waals surface area contributed by atoms with Gasteiger partial charge in [-0.25, -0.2) is 0 Å². The number of benzene rings is 1. The number of aryl methyl sites for hydroxylation is 2. The minimum Gasteiger partial charge on any atom is -0.299 e. The van der Waals surface area contributed by atoms with Gasteiger partial charge in [0.15, 0.2) is 11.0 Å². The van der Waals surface area contributed by atoms with Gasteiger partial charge in [-0.2, -0.15) is 0 Å². The molecule has 0 bridgehead atoms. The fraction of sp³-hybridized carbons (Fsp3) is 0.368. The molecule has 24 heavy (non-hydrogen) atoms. The van der Waals surface area contributed by atoms with E-state index in [4.69, 9.17) is 0 Å². The molecule has 0 atom stereocenters. The molecule has 3 nitrogen and oxygen atoms in total. The van der Waals surface area contributed by atoms with Crippen molar-refractivity contribution in [2.24, 2.45) is 0 Å². The van der Waals surface area contributed by atoms with Gasteiger partial charge in [0.25, 0.3) is 0 Å². The molecule has 0 amide bonds. The van der Waals surface area contributed by atoms with E-state index in [1.54, 1.807) is 23.1 Å². The molecule has 0 saturated carbocycles. The molecule has 0 radical (unpaired) electrons. The molecule has 0 aliphatic rings. The highest BCUT2D eigenvalue weighted by Gasteiger charge is 2.17. The topological polar surface area (TPSA) is 30.7 Å². The first kappa shape index (κ1) is 17.2. The van der Waals surface area contributed by atoms with E-state index < -0.39 is 0 Å². The Morgan fingerprint density at radius 3 is 2.54 bits per heavy atom. The first-order chi connectivity index (χ1) is 11.6. The maximum atomic E-state index is 4.48. The van der Waals surface area contributed by atoms with Gasteiger partial charge in [-0.05, 0) is 38.8 Å². The summed E-state index contributed by atoms with van der Waals surface area (Å²) in [4.78, 5) is 1.39. The van der Waals surface area contributed by atoms with Crippen molar-refractivity contribution < 1.29 is 0 Å². The van der Waals surface area contributed by atoms with Crippen LogP contribution in [-0.2, 0) is 12.2 Å². The van der Waals surface area contributed by atoms with Crippen molar-refractivity contribution in [1.29, 1.82) is 0 Å². The van der Waals surface area contributed by atoms with Crippen LogP contribution in [-0.4, -0.2) is 14.8 Å². The van der Waals surface area contributed by atoms with Crippen LogP contribution in [0.15, 0.2) is 40.9 Å². The number of hydrogen-bond acceptors (Lipinski definition) is 4. The highest BCUT2D eigenvalue weighted by molar-refractivity contribution is 7.98. The van der Waals surface area contributed by atoms with Crippen molar-refractivity contribution in [2.45, 2.75) is 51.1 Å². The molecule has 0 unspecified atom stereocenters. The Labute approximate surface area is 152 Å². The van der Waals surface area contributed by atoms with E-state index in [0.717, 1.165) is 23.2 Å². The van der Waals surface area contributed by atoms with Gasteiger partial charge in [-0.3, -0.25) is 4.57 Å². The highest BCUT2D eigenvalue weighted by atomic mass is 32.2. The minimum absolute atomic E-state index is 0.334. The Morgan fingerprint density at radius 1 is 1.17 bits per heavy atom. The van der Waals surface area contributed by atoms with Gasteiger partial charge in [0.1, 0.15) is 0 Å². The average Bonchev–Trinajstić information content (AvgIpc) is 3.20. The zero-order valence-electron chi connectivity index (χ0n) is 14.6.